The lowest BCUT2D eigenvalue weighted by Crippen LogP contribution is -2.31. The van der Waals surface area contributed by atoms with E-state index in [1.807, 2.05) is 0 Å². The Morgan fingerprint density at radius 1 is 0.556 bits per heavy atom. The van der Waals surface area contributed by atoms with Gasteiger partial charge in [-0.25, -0.2) is 9.59 Å². The Bertz CT molecular complexity index is 642. The van der Waals surface area contributed by atoms with Crippen LogP contribution in [0, 0.1) is 0 Å². The third-order valence-corrected chi connectivity index (χ3v) is 3.80. The lowest BCUT2D eigenvalue weighted by atomic mass is 10.2. The Hall–Kier alpha value is -2.69. The molecule has 0 saturated carbocycles. The minimum atomic E-state index is -1.57. The second-order valence-corrected chi connectivity index (χ2v) is 6.75. The fourth-order valence-electron chi connectivity index (χ4n) is 2.14. The highest BCUT2D eigenvalue weighted by Gasteiger charge is 2.14. The number of amides is 1. The molecule has 15 nitrogen and oxygen atoms in total. The quantitative estimate of drug-likeness (QED) is 0.0652. The number of carboxylic acids is 2. The van der Waals surface area contributed by atoms with Crippen LogP contribution in [-0.2, 0) is 57.1 Å². The van der Waals surface area contributed by atoms with E-state index in [2.05, 4.69) is 10.1 Å². The second-order valence-electron chi connectivity index (χ2n) is 6.75. The van der Waals surface area contributed by atoms with E-state index >= 15 is 0 Å². The molecule has 208 valence electrons. The first-order valence-electron chi connectivity index (χ1n) is 11.2. The van der Waals surface area contributed by atoms with Gasteiger partial charge in [0.05, 0.1) is 72.5 Å². The average Bonchev–Trinajstić information content (AvgIpc) is 2.83. The summed E-state index contributed by atoms with van der Waals surface area (Å²) < 4.78 is 35.9. The normalized spacial score (nSPS) is 10.7. The minimum absolute atomic E-state index is 0.00355. The van der Waals surface area contributed by atoms with Gasteiger partial charge in [0.2, 0.25) is 11.7 Å². The number of Topliss-reactive ketones (excluding diaryl/α,β-unsaturated/α-hetero) is 1. The lowest BCUT2D eigenvalue weighted by molar-refractivity contribution is -0.151. The zero-order chi connectivity index (χ0) is 26.9. The maximum atomic E-state index is 11.3. The lowest BCUT2D eigenvalue weighted by Gasteiger charge is -2.08. The fraction of sp³-hybridized carbons (Fsp3) is 0.762. The fourth-order valence-corrected chi connectivity index (χ4v) is 2.14. The van der Waals surface area contributed by atoms with Crippen molar-refractivity contribution in [3.8, 4) is 0 Å². The molecule has 0 bridgehead atoms. The SMILES string of the molecule is O=C(O)COCC(=O)NCCOCCOCCOCCOCCOCCOC(=O)CCC(=O)C(=O)O. The van der Waals surface area contributed by atoms with Crippen LogP contribution in [0.3, 0.4) is 0 Å². The Kier molecular flexibility index (Phi) is 22.2. The van der Waals surface area contributed by atoms with Crippen molar-refractivity contribution in [3.63, 3.8) is 0 Å². The summed E-state index contributed by atoms with van der Waals surface area (Å²) in [5.74, 6) is -4.84. The van der Waals surface area contributed by atoms with Crippen molar-refractivity contribution in [1.29, 1.82) is 0 Å². The Morgan fingerprint density at radius 3 is 1.50 bits per heavy atom. The molecule has 0 aliphatic rings. The van der Waals surface area contributed by atoms with E-state index in [4.69, 9.17) is 38.6 Å². The zero-order valence-electron chi connectivity index (χ0n) is 20.1. The van der Waals surface area contributed by atoms with E-state index in [9.17, 15) is 24.0 Å². The summed E-state index contributed by atoms with van der Waals surface area (Å²) in [4.78, 5) is 54.0. The largest absolute Gasteiger partial charge is 0.480 e. The van der Waals surface area contributed by atoms with Crippen molar-refractivity contribution < 1.29 is 67.3 Å². The van der Waals surface area contributed by atoms with Crippen molar-refractivity contribution in [2.24, 2.45) is 0 Å². The maximum absolute atomic E-state index is 11.3. The van der Waals surface area contributed by atoms with Crippen LogP contribution in [-0.4, -0.2) is 132 Å². The van der Waals surface area contributed by atoms with Crippen molar-refractivity contribution in [2.75, 3.05) is 92.4 Å². The molecule has 15 heteroatoms. The first-order chi connectivity index (χ1) is 17.3. The predicted octanol–water partition coefficient (Wildman–Crippen LogP) is -1.74. The first-order valence-corrected chi connectivity index (χ1v) is 11.2. The number of carbonyl (C=O) groups is 5. The number of ether oxygens (including phenoxy) is 7. The highest BCUT2D eigenvalue weighted by atomic mass is 16.6. The molecule has 0 radical (unpaired) electrons. The van der Waals surface area contributed by atoms with E-state index in [0.717, 1.165) is 0 Å². The molecule has 0 rings (SSSR count). The molecule has 0 aromatic carbocycles. The highest BCUT2D eigenvalue weighted by molar-refractivity contribution is 6.32. The molecular formula is C21H35NO14. The molecule has 0 aliphatic heterocycles. The Balaban J connectivity index is 3.23. The molecule has 1 amide bonds. The van der Waals surface area contributed by atoms with E-state index in [-0.39, 0.29) is 39.4 Å². The van der Waals surface area contributed by atoms with Crippen LogP contribution in [0.2, 0.25) is 0 Å². The van der Waals surface area contributed by atoms with Gasteiger partial charge in [0.1, 0.15) is 19.8 Å². The van der Waals surface area contributed by atoms with E-state index in [1.54, 1.807) is 0 Å². The summed E-state index contributed by atoms with van der Waals surface area (Å²) >= 11 is 0. The van der Waals surface area contributed by atoms with Crippen LogP contribution in [0.5, 0.6) is 0 Å². The van der Waals surface area contributed by atoms with Crippen molar-refractivity contribution >= 4 is 29.6 Å². The molecule has 36 heavy (non-hydrogen) atoms. The third kappa shape index (κ3) is 24.4. The smallest absolute Gasteiger partial charge is 0.372 e. The maximum Gasteiger partial charge on any atom is 0.372 e. The van der Waals surface area contributed by atoms with Gasteiger partial charge in [-0.3, -0.25) is 14.4 Å². The van der Waals surface area contributed by atoms with Gasteiger partial charge in [-0.05, 0) is 0 Å². The van der Waals surface area contributed by atoms with Gasteiger partial charge < -0.3 is 48.7 Å². The molecule has 0 heterocycles. The van der Waals surface area contributed by atoms with Gasteiger partial charge >= 0.3 is 17.9 Å². The zero-order valence-corrected chi connectivity index (χ0v) is 20.1. The van der Waals surface area contributed by atoms with Crippen LogP contribution in [0.1, 0.15) is 12.8 Å². The number of ketones is 1. The molecule has 3 N–H and O–H groups in total. The molecule has 0 spiro atoms. The summed E-state index contributed by atoms with van der Waals surface area (Å²) in [7, 11) is 0. The summed E-state index contributed by atoms with van der Waals surface area (Å²) in [5, 5.41) is 19.3. The monoisotopic (exact) mass is 525 g/mol. The van der Waals surface area contributed by atoms with Crippen molar-refractivity contribution in [1.82, 2.24) is 5.32 Å². The highest BCUT2D eigenvalue weighted by Crippen LogP contribution is 1.95. The third-order valence-electron chi connectivity index (χ3n) is 3.80. The van der Waals surface area contributed by atoms with Gasteiger partial charge in [0, 0.05) is 13.0 Å². The van der Waals surface area contributed by atoms with Crippen LogP contribution in [0.4, 0.5) is 0 Å². The van der Waals surface area contributed by atoms with E-state index < -0.39 is 42.6 Å². The topological polar surface area (TPSA) is 202 Å². The minimum Gasteiger partial charge on any atom is -0.480 e. The van der Waals surface area contributed by atoms with Gasteiger partial charge in [-0.1, -0.05) is 0 Å². The molecule has 0 unspecified atom stereocenters. The number of nitrogens with one attached hydrogen (secondary N) is 1. The number of hydrogen-bond donors (Lipinski definition) is 3. The van der Waals surface area contributed by atoms with Crippen LogP contribution < -0.4 is 5.32 Å². The van der Waals surface area contributed by atoms with Crippen molar-refractivity contribution in [3.05, 3.63) is 0 Å². The molecule has 0 aromatic heterocycles. The number of aliphatic carboxylic acids is 2. The number of rotatable bonds is 26. The number of carbonyl (C=O) groups excluding carboxylic acids is 3. The number of hydrogen-bond acceptors (Lipinski definition) is 12. The average molecular weight is 526 g/mol. The van der Waals surface area contributed by atoms with Gasteiger partial charge in [-0.2, -0.15) is 0 Å². The van der Waals surface area contributed by atoms with Gasteiger partial charge in [0.25, 0.3) is 0 Å². The summed E-state index contributed by atoms with van der Waals surface area (Å²) in [6.45, 7) is 2.70. The van der Waals surface area contributed by atoms with Crippen LogP contribution in [0.25, 0.3) is 0 Å². The molecule has 0 saturated heterocycles. The summed E-state index contributed by atoms with van der Waals surface area (Å²) in [6, 6.07) is 0. The molecule has 0 fully saturated rings. The number of carboxylic acid groups (broad SMARTS) is 2. The summed E-state index contributed by atoms with van der Waals surface area (Å²) in [5.41, 5.74) is 0. The molecule has 0 aromatic rings. The molecule has 0 aliphatic carbocycles. The molecular weight excluding hydrogens is 490 g/mol. The van der Waals surface area contributed by atoms with E-state index in [0.29, 0.717) is 52.9 Å². The second kappa shape index (κ2) is 24.0. The number of esters is 1. The Morgan fingerprint density at radius 2 is 1.03 bits per heavy atom. The van der Waals surface area contributed by atoms with Crippen LogP contribution >= 0.6 is 0 Å². The van der Waals surface area contributed by atoms with Crippen LogP contribution in [0.15, 0.2) is 0 Å². The standard InChI is InChI=1S/C21H35NO14/c23-17(21(28)29)1-2-20(27)36-14-13-34-12-11-33-10-9-32-8-7-31-6-5-30-4-3-22-18(24)15-35-16-19(25)26/h1-16H2,(H,22,24)(H,25,26)(H,28,29). The van der Waals surface area contributed by atoms with E-state index in [1.165, 1.54) is 0 Å². The first kappa shape index (κ1) is 33.3. The van der Waals surface area contributed by atoms with Gasteiger partial charge in [-0.15, -0.1) is 0 Å². The van der Waals surface area contributed by atoms with Crippen molar-refractivity contribution in [2.45, 2.75) is 12.8 Å². The summed E-state index contributed by atoms with van der Waals surface area (Å²) in [6.07, 6.45) is -0.685. The predicted molar refractivity (Wildman–Crippen MR) is 118 cm³/mol. The molecule has 0 atom stereocenters. The Labute approximate surface area is 208 Å². The van der Waals surface area contributed by atoms with Gasteiger partial charge in [0.15, 0.2) is 0 Å².